The van der Waals surface area contributed by atoms with E-state index in [1.54, 1.807) is 0 Å². The van der Waals surface area contributed by atoms with Gasteiger partial charge < -0.3 is 4.90 Å². The lowest BCUT2D eigenvalue weighted by atomic mass is 10.1. The third-order valence-corrected chi connectivity index (χ3v) is 2.45. The zero-order valence-electron chi connectivity index (χ0n) is 7.17. The molecule has 14 heavy (non-hydrogen) atoms. The second-order valence-electron chi connectivity index (χ2n) is 2.95. The summed E-state index contributed by atoms with van der Waals surface area (Å²) in [6.45, 7) is 0. The average molecular weight is 214 g/mol. The Bertz CT molecular complexity index is 458. The molecule has 0 bridgehead atoms. The van der Waals surface area contributed by atoms with E-state index in [1.165, 1.54) is 13.1 Å². The molecule has 0 aliphatic carbocycles. The standard InChI is InChI=1S/C9H5ClFNO2/c1-12-7-5(11)3-2-4(10)6(7)8(13)9(12)14/h2-3H,1H3. The molecule has 1 aliphatic rings. The lowest BCUT2D eigenvalue weighted by Gasteiger charge is -2.09. The van der Waals surface area contributed by atoms with Gasteiger partial charge in [0.05, 0.1) is 16.3 Å². The van der Waals surface area contributed by atoms with Crippen molar-refractivity contribution in [2.24, 2.45) is 0 Å². The quantitative estimate of drug-likeness (QED) is 0.615. The molecule has 3 nitrogen and oxygen atoms in total. The van der Waals surface area contributed by atoms with Crippen LogP contribution in [0.1, 0.15) is 10.4 Å². The van der Waals surface area contributed by atoms with E-state index in [-0.39, 0.29) is 16.3 Å². The number of carbonyl (C=O) groups excluding carboxylic acids is 2. The number of benzene rings is 1. The predicted octanol–water partition coefficient (Wildman–Crippen LogP) is 1.64. The lowest BCUT2D eigenvalue weighted by molar-refractivity contribution is -0.114. The van der Waals surface area contributed by atoms with Crippen molar-refractivity contribution >= 4 is 29.0 Å². The molecule has 1 aromatic rings. The molecule has 72 valence electrons. The van der Waals surface area contributed by atoms with Crippen LogP contribution in [0, 0.1) is 5.82 Å². The van der Waals surface area contributed by atoms with Crippen LogP contribution in [-0.4, -0.2) is 18.7 Å². The fourth-order valence-electron chi connectivity index (χ4n) is 1.45. The third-order valence-electron chi connectivity index (χ3n) is 2.14. The van der Waals surface area contributed by atoms with Crippen LogP contribution in [-0.2, 0) is 4.79 Å². The Balaban J connectivity index is 2.80. The van der Waals surface area contributed by atoms with Crippen LogP contribution < -0.4 is 4.90 Å². The maximum Gasteiger partial charge on any atom is 0.299 e. The molecule has 1 aliphatic heterocycles. The minimum absolute atomic E-state index is 0.0347. The summed E-state index contributed by atoms with van der Waals surface area (Å²) >= 11 is 5.70. The van der Waals surface area contributed by atoms with Crippen molar-refractivity contribution in [1.29, 1.82) is 0 Å². The minimum atomic E-state index is -0.757. The molecule has 0 spiro atoms. The van der Waals surface area contributed by atoms with Gasteiger partial charge in [-0.2, -0.15) is 0 Å². The van der Waals surface area contributed by atoms with E-state index in [9.17, 15) is 14.0 Å². The maximum absolute atomic E-state index is 13.3. The summed E-state index contributed by atoms with van der Waals surface area (Å²) in [5.41, 5.74) is -0.0772. The first-order chi connectivity index (χ1) is 6.54. The van der Waals surface area contributed by atoms with Crippen molar-refractivity contribution in [3.8, 4) is 0 Å². The fraction of sp³-hybridized carbons (Fsp3) is 0.111. The van der Waals surface area contributed by atoms with Gasteiger partial charge in [-0.15, -0.1) is 0 Å². The van der Waals surface area contributed by atoms with Gasteiger partial charge in [0, 0.05) is 7.05 Å². The molecule has 0 atom stereocenters. The first-order valence-corrected chi connectivity index (χ1v) is 4.22. The van der Waals surface area contributed by atoms with Crippen LogP contribution in [0.4, 0.5) is 10.1 Å². The van der Waals surface area contributed by atoms with Crippen molar-refractivity contribution in [2.75, 3.05) is 11.9 Å². The van der Waals surface area contributed by atoms with Crippen LogP contribution in [0.25, 0.3) is 0 Å². The van der Waals surface area contributed by atoms with E-state index >= 15 is 0 Å². The Labute approximate surface area is 84.1 Å². The number of anilines is 1. The van der Waals surface area contributed by atoms with Gasteiger partial charge in [0.2, 0.25) is 0 Å². The molecule has 1 amide bonds. The van der Waals surface area contributed by atoms with Gasteiger partial charge in [-0.05, 0) is 12.1 Å². The van der Waals surface area contributed by atoms with Gasteiger partial charge in [0.1, 0.15) is 5.82 Å². The van der Waals surface area contributed by atoms with Crippen molar-refractivity contribution < 1.29 is 14.0 Å². The monoisotopic (exact) mass is 213 g/mol. The SMILES string of the molecule is CN1C(=O)C(=O)c2c(Cl)ccc(F)c21. The number of ketones is 1. The minimum Gasteiger partial charge on any atom is -0.305 e. The lowest BCUT2D eigenvalue weighted by Crippen LogP contribution is -2.25. The molecule has 0 fully saturated rings. The number of Topliss-reactive ketones (excluding diaryl/α,β-unsaturated/α-hetero) is 1. The van der Waals surface area contributed by atoms with Crippen LogP contribution in [0.2, 0.25) is 5.02 Å². The van der Waals surface area contributed by atoms with Crippen molar-refractivity contribution in [3.63, 3.8) is 0 Å². The van der Waals surface area contributed by atoms with Gasteiger partial charge in [0.25, 0.3) is 11.7 Å². The van der Waals surface area contributed by atoms with E-state index in [0.717, 1.165) is 11.0 Å². The molecular formula is C9H5ClFNO2. The largest absolute Gasteiger partial charge is 0.305 e. The molecule has 2 rings (SSSR count). The second kappa shape index (κ2) is 2.78. The number of nitrogens with zero attached hydrogens (tertiary/aromatic N) is 1. The molecule has 1 heterocycles. The number of hydrogen-bond donors (Lipinski definition) is 0. The first kappa shape index (κ1) is 9.15. The molecule has 1 aromatic carbocycles. The molecular weight excluding hydrogens is 209 g/mol. The smallest absolute Gasteiger partial charge is 0.299 e. The normalized spacial score (nSPS) is 14.9. The zero-order chi connectivity index (χ0) is 10.5. The van der Waals surface area contributed by atoms with Gasteiger partial charge in [-0.1, -0.05) is 11.6 Å². The number of amides is 1. The summed E-state index contributed by atoms with van der Waals surface area (Å²) in [5, 5.41) is 0.101. The van der Waals surface area contributed by atoms with Crippen LogP contribution in [0.3, 0.4) is 0 Å². The highest BCUT2D eigenvalue weighted by atomic mass is 35.5. The molecule has 0 aromatic heterocycles. The molecule has 0 saturated carbocycles. The fourth-order valence-corrected chi connectivity index (χ4v) is 1.68. The highest BCUT2D eigenvalue weighted by molar-refractivity contribution is 6.55. The summed E-state index contributed by atoms with van der Waals surface area (Å²) in [4.78, 5) is 23.5. The Morgan fingerprint density at radius 1 is 1.36 bits per heavy atom. The van der Waals surface area contributed by atoms with Crippen LogP contribution in [0.5, 0.6) is 0 Å². The van der Waals surface area contributed by atoms with Gasteiger partial charge in [-0.3, -0.25) is 9.59 Å². The van der Waals surface area contributed by atoms with E-state index < -0.39 is 17.5 Å². The summed E-state index contributed by atoms with van der Waals surface area (Å²) in [6, 6.07) is 2.39. The van der Waals surface area contributed by atoms with Crippen molar-refractivity contribution in [2.45, 2.75) is 0 Å². The zero-order valence-corrected chi connectivity index (χ0v) is 7.93. The van der Waals surface area contributed by atoms with E-state index in [0.29, 0.717) is 0 Å². The molecule has 0 N–H and O–H groups in total. The van der Waals surface area contributed by atoms with Gasteiger partial charge in [-0.25, -0.2) is 4.39 Å². The summed E-state index contributed by atoms with van der Waals surface area (Å²) in [7, 11) is 1.34. The summed E-state index contributed by atoms with van der Waals surface area (Å²) in [5.74, 6) is -2.13. The van der Waals surface area contributed by atoms with E-state index in [4.69, 9.17) is 11.6 Å². The molecule has 0 unspecified atom stereocenters. The van der Waals surface area contributed by atoms with Crippen molar-refractivity contribution in [1.82, 2.24) is 0 Å². The van der Waals surface area contributed by atoms with Crippen LogP contribution >= 0.6 is 11.6 Å². The Kier molecular flexibility index (Phi) is 1.82. The number of hydrogen-bond acceptors (Lipinski definition) is 2. The third kappa shape index (κ3) is 0.974. The topological polar surface area (TPSA) is 37.4 Å². The molecule has 5 heteroatoms. The second-order valence-corrected chi connectivity index (χ2v) is 3.35. The number of carbonyl (C=O) groups is 2. The summed E-state index contributed by atoms with van der Waals surface area (Å²) < 4.78 is 13.3. The average Bonchev–Trinajstić information content (AvgIpc) is 2.38. The Morgan fingerprint density at radius 2 is 2.00 bits per heavy atom. The first-order valence-electron chi connectivity index (χ1n) is 3.84. The van der Waals surface area contributed by atoms with Crippen LogP contribution in [0.15, 0.2) is 12.1 Å². The van der Waals surface area contributed by atoms with E-state index in [2.05, 4.69) is 0 Å². The van der Waals surface area contributed by atoms with E-state index in [1.807, 2.05) is 0 Å². The van der Waals surface area contributed by atoms with Crippen molar-refractivity contribution in [3.05, 3.63) is 28.5 Å². The Morgan fingerprint density at radius 3 is 2.57 bits per heavy atom. The Hall–Kier alpha value is -1.42. The van der Waals surface area contributed by atoms with Gasteiger partial charge >= 0.3 is 0 Å². The highest BCUT2D eigenvalue weighted by Crippen LogP contribution is 2.35. The number of fused-ring (bicyclic) bond motifs is 1. The van der Waals surface area contributed by atoms with Gasteiger partial charge in [0.15, 0.2) is 0 Å². The predicted molar refractivity (Wildman–Crippen MR) is 49.2 cm³/mol. The number of halogens is 2. The maximum atomic E-state index is 13.3. The summed E-state index contributed by atoms with van der Waals surface area (Å²) in [6.07, 6.45) is 0. The molecule has 0 radical (unpaired) electrons. The number of likely N-dealkylation sites (N-methyl/N-ethyl adjacent to an activating group) is 1. The number of rotatable bonds is 0. The molecule has 0 saturated heterocycles. The highest BCUT2D eigenvalue weighted by Gasteiger charge is 2.37.